The Kier molecular flexibility index (Phi) is 9.08. The summed E-state index contributed by atoms with van der Waals surface area (Å²) in [6, 6.07) is 9.14. The molecule has 0 spiro atoms. The molecule has 6 atom stereocenters. The van der Waals surface area contributed by atoms with Crippen molar-refractivity contribution in [1.82, 2.24) is 24.5 Å². The summed E-state index contributed by atoms with van der Waals surface area (Å²) < 4.78 is 53.4. The van der Waals surface area contributed by atoms with Crippen LogP contribution in [0.3, 0.4) is 0 Å². The maximum absolute atomic E-state index is 12.6. The smallest absolute Gasteiger partial charge is 0.387 e. The molecule has 0 radical (unpaired) electrons. The minimum atomic E-state index is -5.78. The molecule has 3 aromatic rings. The molecule has 0 bridgehead atoms. The predicted molar refractivity (Wildman–Crippen MR) is 133 cm³/mol. The van der Waals surface area contributed by atoms with E-state index < -0.39 is 60.3 Å². The Bertz CT molecular complexity index is 1600. The number of aromatic nitrogens is 5. The van der Waals surface area contributed by atoms with Crippen molar-refractivity contribution in [1.29, 1.82) is 0 Å². The van der Waals surface area contributed by atoms with Gasteiger partial charge in [-0.3, -0.25) is 9.09 Å². The normalized spacial score (nSPS) is 24.1. The molecule has 20 nitrogen and oxygen atoms in total. The molecule has 2 aromatic heterocycles. The molecule has 0 aliphatic carbocycles. The van der Waals surface area contributed by atoms with E-state index in [0.29, 0.717) is 5.69 Å². The average molecular weight is 640 g/mol. The van der Waals surface area contributed by atoms with E-state index in [1.807, 2.05) is 30.3 Å². The SMILES string of the molecule is Nc1nc(=O)n([C@@H]2O[C@H](COP(=O)(O)OP(=O)(O)OP(=O)(O)O)C(O)[C@@H]2O)cc1Cn1cc(-c2ccccc2)nn1. The molecule has 0 saturated carbocycles. The second-order valence-electron chi connectivity index (χ2n) is 8.44. The Labute approximate surface area is 229 Å². The Morgan fingerprint density at radius 3 is 2.32 bits per heavy atom. The first kappa shape index (κ1) is 31.3. The number of nitrogen functional groups attached to an aromatic ring is 1. The van der Waals surface area contributed by atoms with Crippen molar-refractivity contribution in [2.24, 2.45) is 0 Å². The molecule has 1 aromatic carbocycles. The minimum absolute atomic E-state index is 0.0141. The Hall–Kier alpha value is -2.67. The zero-order valence-corrected chi connectivity index (χ0v) is 23.1. The molecule has 3 heterocycles. The van der Waals surface area contributed by atoms with Gasteiger partial charge in [0, 0.05) is 17.3 Å². The van der Waals surface area contributed by atoms with Gasteiger partial charge in [0.15, 0.2) is 6.23 Å². The van der Waals surface area contributed by atoms with Crippen molar-refractivity contribution in [2.45, 2.75) is 31.1 Å². The van der Waals surface area contributed by atoms with Gasteiger partial charge in [0.1, 0.15) is 29.8 Å². The summed E-state index contributed by atoms with van der Waals surface area (Å²) >= 11 is 0. The van der Waals surface area contributed by atoms with E-state index in [-0.39, 0.29) is 17.9 Å². The monoisotopic (exact) mass is 640 g/mol. The maximum atomic E-state index is 12.6. The van der Waals surface area contributed by atoms with Gasteiger partial charge < -0.3 is 40.3 Å². The molecular weight excluding hydrogens is 617 g/mol. The van der Waals surface area contributed by atoms with Crippen LogP contribution in [0, 0.1) is 0 Å². The lowest BCUT2D eigenvalue weighted by Gasteiger charge is -2.19. The topological polar surface area (TPSA) is 301 Å². The van der Waals surface area contributed by atoms with E-state index in [4.69, 9.17) is 20.3 Å². The molecule has 41 heavy (non-hydrogen) atoms. The Morgan fingerprint density at radius 1 is 0.976 bits per heavy atom. The Morgan fingerprint density at radius 2 is 1.66 bits per heavy atom. The highest BCUT2D eigenvalue weighted by atomic mass is 31.3. The fourth-order valence-electron chi connectivity index (χ4n) is 3.68. The first-order valence-electron chi connectivity index (χ1n) is 11.2. The number of ether oxygens (including phenoxy) is 1. The van der Waals surface area contributed by atoms with E-state index in [9.17, 15) is 38.5 Å². The lowest BCUT2D eigenvalue weighted by atomic mass is 10.1. The zero-order valence-electron chi connectivity index (χ0n) is 20.4. The van der Waals surface area contributed by atoms with Gasteiger partial charge in [-0.15, -0.1) is 5.10 Å². The summed E-state index contributed by atoms with van der Waals surface area (Å²) in [5, 5.41) is 28.9. The quantitative estimate of drug-likeness (QED) is 0.125. The van der Waals surface area contributed by atoms with Gasteiger partial charge in [0.2, 0.25) is 0 Å². The highest BCUT2D eigenvalue weighted by Gasteiger charge is 2.47. The van der Waals surface area contributed by atoms with Crippen LogP contribution in [0.1, 0.15) is 11.8 Å². The number of aliphatic hydroxyl groups is 2. The largest absolute Gasteiger partial charge is 0.490 e. The van der Waals surface area contributed by atoms with Gasteiger partial charge in [0.05, 0.1) is 19.3 Å². The average Bonchev–Trinajstić information content (AvgIpc) is 3.43. The zero-order chi connectivity index (χ0) is 30.2. The molecule has 0 amide bonds. The molecule has 1 fully saturated rings. The van der Waals surface area contributed by atoms with E-state index in [2.05, 4.69) is 28.4 Å². The lowest BCUT2D eigenvalue weighted by molar-refractivity contribution is -0.0542. The van der Waals surface area contributed by atoms with Crippen LogP contribution < -0.4 is 11.4 Å². The second kappa shape index (κ2) is 11.9. The molecule has 3 unspecified atom stereocenters. The van der Waals surface area contributed by atoms with Crippen molar-refractivity contribution in [3.8, 4) is 11.3 Å². The Balaban J connectivity index is 1.47. The van der Waals surface area contributed by atoms with Crippen LogP contribution in [0.15, 0.2) is 47.5 Å². The molecule has 1 aliphatic heterocycles. The third kappa shape index (κ3) is 8.00. The summed E-state index contributed by atoms with van der Waals surface area (Å²) in [5.74, 6) is -0.166. The fourth-order valence-corrected chi connectivity index (χ4v) is 6.71. The van der Waals surface area contributed by atoms with E-state index in [0.717, 1.165) is 10.1 Å². The fraction of sp³-hybridized carbons (Fsp3) is 0.333. The molecule has 8 N–H and O–H groups in total. The summed E-state index contributed by atoms with van der Waals surface area (Å²) in [4.78, 5) is 52.3. The third-order valence-corrected chi connectivity index (χ3v) is 9.23. The summed E-state index contributed by atoms with van der Waals surface area (Å²) in [7, 11) is -16.9. The van der Waals surface area contributed by atoms with Gasteiger partial charge >= 0.3 is 29.2 Å². The lowest BCUT2D eigenvalue weighted by Crippen LogP contribution is -2.36. The van der Waals surface area contributed by atoms with Crippen molar-refractivity contribution < 1.29 is 61.4 Å². The highest BCUT2D eigenvalue weighted by molar-refractivity contribution is 7.66. The minimum Gasteiger partial charge on any atom is -0.387 e. The molecule has 4 rings (SSSR count). The van der Waals surface area contributed by atoms with Crippen LogP contribution in [0.5, 0.6) is 0 Å². The summed E-state index contributed by atoms with van der Waals surface area (Å²) in [6.07, 6.45) is -4.04. The number of benzene rings is 1. The van der Waals surface area contributed by atoms with Crippen LogP contribution in [0.2, 0.25) is 0 Å². The predicted octanol–water partition coefficient (Wildman–Crippen LogP) is -0.905. The first-order valence-corrected chi connectivity index (χ1v) is 15.7. The van der Waals surface area contributed by atoms with Crippen LogP contribution in [0.4, 0.5) is 5.82 Å². The number of aliphatic hydroxyl groups excluding tert-OH is 2. The number of hydrogen-bond donors (Lipinski definition) is 7. The number of anilines is 1. The van der Waals surface area contributed by atoms with Crippen LogP contribution in [0.25, 0.3) is 11.3 Å². The van der Waals surface area contributed by atoms with Crippen LogP contribution in [-0.2, 0) is 38.1 Å². The molecule has 1 aliphatic rings. The van der Waals surface area contributed by atoms with Crippen LogP contribution in [-0.4, -0.2) is 79.3 Å². The first-order chi connectivity index (χ1) is 19.0. The van der Waals surface area contributed by atoms with E-state index in [1.165, 1.54) is 10.9 Å². The van der Waals surface area contributed by atoms with Gasteiger partial charge in [-0.2, -0.15) is 13.6 Å². The number of nitrogens with zero attached hydrogens (tertiary/aromatic N) is 5. The summed E-state index contributed by atoms with van der Waals surface area (Å²) in [5.41, 5.74) is 6.51. The molecular formula is C18H23N6O14P3. The molecule has 1 saturated heterocycles. The van der Waals surface area contributed by atoms with Gasteiger partial charge in [-0.25, -0.2) is 23.2 Å². The number of hydrogen-bond acceptors (Lipinski definition) is 14. The van der Waals surface area contributed by atoms with Crippen LogP contribution >= 0.6 is 23.5 Å². The van der Waals surface area contributed by atoms with Crippen molar-refractivity contribution >= 4 is 29.3 Å². The van der Waals surface area contributed by atoms with Gasteiger partial charge in [-0.1, -0.05) is 35.5 Å². The number of phosphoric acid groups is 3. The number of rotatable bonds is 11. The van der Waals surface area contributed by atoms with Crippen molar-refractivity contribution in [3.05, 3.63) is 58.8 Å². The maximum Gasteiger partial charge on any atom is 0.490 e. The molecule has 224 valence electrons. The number of nitrogens with two attached hydrogens (primary N) is 1. The van der Waals surface area contributed by atoms with E-state index >= 15 is 0 Å². The molecule has 23 heteroatoms. The van der Waals surface area contributed by atoms with E-state index in [1.54, 1.807) is 6.20 Å². The summed E-state index contributed by atoms with van der Waals surface area (Å²) in [6.45, 7) is -1.08. The third-order valence-electron chi connectivity index (χ3n) is 5.43. The number of phosphoric ester groups is 1. The van der Waals surface area contributed by atoms with Gasteiger partial charge in [0.25, 0.3) is 0 Å². The highest BCUT2D eigenvalue weighted by Crippen LogP contribution is 2.66. The van der Waals surface area contributed by atoms with Gasteiger partial charge in [-0.05, 0) is 0 Å². The standard InChI is InChI=1S/C18H23N6O14P3/c19-16-11(6-23-8-12(21-22-23)10-4-2-1-3-5-10)7-24(18(27)20-16)17-15(26)14(25)13(36-17)9-35-40(31,32)38-41(33,34)37-39(28,29)30/h1-5,7-8,13-15,17,25-26H,6,9H2,(H,31,32)(H,33,34)(H2,19,20,27)(H2,28,29,30)/t13-,14?,15+,17-/m1/s1. The second-order valence-corrected chi connectivity index (χ2v) is 12.9. The van der Waals surface area contributed by atoms with Crippen molar-refractivity contribution in [2.75, 3.05) is 12.3 Å². The van der Waals surface area contributed by atoms with Crippen molar-refractivity contribution in [3.63, 3.8) is 0 Å².